The van der Waals surface area contributed by atoms with Gasteiger partial charge in [0, 0.05) is 12.8 Å². The number of nitrogens with zero attached hydrogens (tertiary/aromatic N) is 1. The predicted octanol–water partition coefficient (Wildman–Crippen LogP) is 24.8. The standard InChI is InChI=1S/C82H144NO8P/c1-6-8-10-12-14-16-18-20-22-24-26-28-30-32-34-36-38-39-40-41-42-43-45-46-48-50-52-54-56-58-60-62-64-66-68-70-72-74-81(84)88-78-80(79-90-92(86,87)89-77-76-83(3,4)5)91-82(85)75-73-71-69-67-65-63-61-59-57-55-53-51-49-47-44-37-35-33-31-29-27-25-23-21-19-17-15-13-11-9-7-2/h9,11,15,17-18,20-21,23-24,26-27,29,33,35,44,47,51,53,57,59,80H,6-8,10,12-14,16,19,22,25,28,30-32,34,36-43,45-46,48-50,52,54-56,58,60-79H2,1-5H3/b11-9-,17-15-,20-18-,23-21-,26-24-,29-27-,35-33-,47-44-,53-51-,59-57-. The number of likely N-dealkylation sites (N-methyl/N-ethyl adjacent to an activating group) is 1. The Bertz CT molecular complexity index is 1970. The third-order valence-electron chi connectivity index (χ3n) is 16.5. The molecule has 2 unspecified atom stereocenters. The summed E-state index contributed by atoms with van der Waals surface area (Å²) in [6.07, 6.45) is 103. The molecular weight excluding hydrogens is 1160 g/mol. The largest absolute Gasteiger partial charge is 0.756 e. The van der Waals surface area contributed by atoms with Crippen molar-refractivity contribution in [3.63, 3.8) is 0 Å². The molecule has 0 fully saturated rings. The van der Waals surface area contributed by atoms with Gasteiger partial charge in [0.05, 0.1) is 27.7 Å². The Morgan fingerprint density at radius 3 is 0.924 bits per heavy atom. The number of carbonyl (C=O) groups excluding carboxylic acids is 2. The Balaban J connectivity index is 4.02. The Morgan fingerprint density at radius 1 is 0.348 bits per heavy atom. The van der Waals surface area contributed by atoms with Crippen LogP contribution in [0.3, 0.4) is 0 Å². The summed E-state index contributed by atoms with van der Waals surface area (Å²) in [5, 5.41) is 0. The zero-order valence-electron chi connectivity index (χ0n) is 60.5. The van der Waals surface area contributed by atoms with E-state index in [2.05, 4.69) is 135 Å². The lowest BCUT2D eigenvalue weighted by molar-refractivity contribution is -0.870. The number of phosphoric acid groups is 1. The number of rotatable bonds is 70. The van der Waals surface area contributed by atoms with Crippen LogP contribution in [0.2, 0.25) is 0 Å². The average molecular weight is 1300 g/mol. The summed E-state index contributed by atoms with van der Waals surface area (Å²) in [5.41, 5.74) is 0. The number of hydrogen-bond acceptors (Lipinski definition) is 8. The van der Waals surface area contributed by atoms with Gasteiger partial charge in [0.15, 0.2) is 6.10 Å². The van der Waals surface area contributed by atoms with Crippen LogP contribution < -0.4 is 4.89 Å². The second-order valence-corrected chi connectivity index (χ2v) is 28.0. The van der Waals surface area contributed by atoms with E-state index in [1.54, 1.807) is 0 Å². The molecule has 0 rings (SSSR count). The molecule has 0 aliphatic rings. The van der Waals surface area contributed by atoms with Gasteiger partial charge in [-0.15, -0.1) is 0 Å². The summed E-state index contributed by atoms with van der Waals surface area (Å²) in [4.78, 5) is 38.1. The van der Waals surface area contributed by atoms with Gasteiger partial charge in [-0.1, -0.05) is 334 Å². The predicted molar refractivity (Wildman–Crippen MR) is 397 cm³/mol. The van der Waals surface area contributed by atoms with Gasteiger partial charge in [0.2, 0.25) is 0 Å². The maximum Gasteiger partial charge on any atom is 0.306 e. The zero-order valence-corrected chi connectivity index (χ0v) is 61.4. The van der Waals surface area contributed by atoms with Crippen molar-refractivity contribution in [3.05, 3.63) is 122 Å². The number of quaternary nitrogens is 1. The monoisotopic (exact) mass is 1300 g/mol. The smallest absolute Gasteiger partial charge is 0.306 e. The summed E-state index contributed by atoms with van der Waals surface area (Å²) in [6, 6.07) is 0. The lowest BCUT2D eigenvalue weighted by Gasteiger charge is -2.28. The molecule has 0 spiro atoms. The zero-order chi connectivity index (χ0) is 66.9. The van der Waals surface area contributed by atoms with Crippen molar-refractivity contribution in [1.29, 1.82) is 0 Å². The Morgan fingerprint density at radius 2 is 0.620 bits per heavy atom. The van der Waals surface area contributed by atoms with Crippen molar-refractivity contribution in [2.24, 2.45) is 0 Å². The van der Waals surface area contributed by atoms with E-state index in [1.807, 2.05) is 21.1 Å². The maximum atomic E-state index is 12.9. The number of esters is 2. The minimum Gasteiger partial charge on any atom is -0.756 e. The highest BCUT2D eigenvalue weighted by Gasteiger charge is 2.22. The van der Waals surface area contributed by atoms with E-state index in [0.717, 1.165) is 116 Å². The molecule has 92 heavy (non-hydrogen) atoms. The summed E-state index contributed by atoms with van der Waals surface area (Å²) in [5.74, 6) is -0.845. The van der Waals surface area contributed by atoms with Gasteiger partial charge in [-0.05, 0) is 109 Å². The van der Waals surface area contributed by atoms with Gasteiger partial charge in [0.1, 0.15) is 19.8 Å². The molecular formula is C82H144NO8P. The van der Waals surface area contributed by atoms with E-state index in [-0.39, 0.29) is 32.0 Å². The molecule has 0 saturated carbocycles. The van der Waals surface area contributed by atoms with Crippen molar-refractivity contribution < 1.29 is 42.1 Å². The van der Waals surface area contributed by atoms with Crippen LogP contribution in [0.5, 0.6) is 0 Å². The summed E-state index contributed by atoms with van der Waals surface area (Å²) < 4.78 is 34.3. The molecule has 0 N–H and O–H groups in total. The third kappa shape index (κ3) is 75.4. The minimum atomic E-state index is -4.66. The number of ether oxygens (including phenoxy) is 2. The Hall–Kier alpha value is -3.59. The lowest BCUT2D eigenvalue weighted by atomic mass is 10.0. The second-order valence-electron chi connectivity index (χ2n) is 26.6. The van der Waals surface area contributed by atoms with Crippen molar-refractivity contribution in [1.82, 2.24) is 0 Å². The summed E-state index contributed by atoms with van der Waals surface area (Å²) >= 11 is 0. The second kappa shape index (κ2) is 71.7. The first-order chi connectivity index (χ1) is 45.0. The first-order valence-corrected chi connectivity index (χ1v) is 39.7. The van der Waals surface area contributed by atoms with E-state index in [4.69, 9.17) is 18.5 Å². The average Bonchev–Trinajstić information content (AvgIpc) is 2.14. The Labute approximate surface area is 568 Å². The highest BCUT2D eigenvalue weighted by Crippen LogP contribution is 2.38. The van der Waals surface area contributed by atoms with Gasteiger partial charge in [-0.25, -0.2) is 0 Å². The number of unbranched alkanes of at least 4 members (excludes halogenated alkanes) is 36. The van der Waals surface area contributed by atoms with Crippen molar-refractivity contribution in [2.45, 2.75) is 341 Å². The molecule has 0 saturated heterocycles. The quantitative estimate of drug-likeness (QED) is 0.0195. The van der Waals surface area contributed by atoms with Gasteiger partial charge in [-0.2, -0.15) is 0 Å². The highest BCUT2D eigenvalue weighted by molar-refractivity contribution is 7.45. The fraction of sp³-hybridized carbons (Fsp3) is 0.732. The van der Waals surface area contributed by atoms with Gasteiger partial charge in [-0.3, -0.25) is 14.2 Å². The van der Waals surface area contributed by atoms with Crippen LogP contribution >= 0.6 is 7.82 Å². The normalized spacial score (nSPS) is 13.8. The van der Waals surface area contributed by atoms with Crippen molar-refractivity contribution >= 4 is 19.8 Å². The molecule has 2 atom stereocenters. The number of allylic oxidation sites excluding steroid dienone is 20. The van der Waals surface area contributed by atoms with Crippen LogP contribution in [0.25, 0.3) is 0 Å². The molecule has 0 aromatic heterocycles. The molecule has 0 amide bonds. The van der Waals surface area contributed by atoms with Crippen LogP contribution in [0, 0.1) is 0 Å². The number of carbonyl (C=O) groups is 2. The minimum absolute atomic E-state index is 0.0384. The molecule has 0 aromatic rings. The Kier molecular flexibility index (Phi) is 68.9. The topological polar surface area (TPSA) is 111 Å². The van der Waals surface area contributed by atoms with Crippen LogP contribution in [0.15, 0.2) is 122 Å². The van der Waals surface area contributed by atoms with Crippen LogP contribution in [0.1, 0.15) is 335 Å². The first-order valence-electron chi connectivity index (χ1n) is 38.2. The van der Waals surface area contributed by atoms with Crippen LogP contribution in [-0.4, -0.2) is 70.0 Å². The molecule has 0 bridgehead atoms. The van der Waals surface area contributed by atoms with Gasteiger partial charge < -0.3 is 27.9 Å². The van der Waals surface area contributed by atoms with Crippen molar-refractivity contribution in [3.8, 4) is 0 Å². The molecule has 0 aliphatic heterocycles. The SMILES string of the molecule is CC/C=C\C/C=C\C/C=C\C/C=C\C/C=C\C/C=C\C/C=C\C/C=C\CCCCCCCCC(=O)OC(COC(=O)CCCCCCCCCCCCCCCCCCCCCCCCCCC/C=C\C/C=C\CCCCCCC)COP(=O)([O-])OCC[N+](C)(C)C. The number of phosphoric ester groups is 1. The molecule has 0 radical (unpaired) electrons. The molecule has 0 aromatic carbocycles. The third-order valence-corrected chi connectivity index (χ3v) is 17.4. The van der Waals surface area contributed by atoms with E-state index in [0.29, 0.717) is 17.4 Å². The highest BCUT2D eigenvalue weighted by atomic mass is 31.2. The fourth-order valence-corrected chi connectivity index (χ4v) is 11.4. The van der Waals surface area contributed by atoms with Crippen LogP contribution in [0.4, 0.5) is 0 Å². The van der Waals surface area contributed by atoms with E-state index >= 15 is 0 Å². The van der Waals surface area contributed by atoms with Gasteiger partial charge >= 0.3 is 11.9 Å². The summed E-state index contributed by atoms with van der Waals surface area (Å²) in [6.45, 7) is 4.12. The fourth-order valence-electron chi connectivity index (χ4n) is 10.6. The molecule has 530 valence electrons. The van der Waals surface area contributed by atoms with Gasteiger partial charge in [0.25, 0.3) is 7.82 Å². The number of hydrogen-bond donors (Lipinski definition) is 0. The summed E-state index contributed by atoms with van der Waals surface area (Å²) in [7, 11) is 1.15. The van der Waals surface area contributed by atoms with E-state index in [1.165, 1.54) is 186 Å². The first kappa shape index (κ1) is 88.4. The maximum absolute atomic E-state index is 12.9. The molecule has 0 heterocycles. The molecule has 10 heteroatoms. The van der Waals surface area contributed by atoms with E-state index in [9.17, 15) is 19.0 Å². The van der Waals surface area contributed by atoms with E-state index < -0.39 is 26.5 Å². The molecule has 0 aliphatic carbocycles. The molecule has 9 nitrogen and oxygen atoms in total. The lowest BCUT2D eigenvalue weighted by Crippen LogP contribution is -2.37. The van der Waals surface area contributed by atoms with Crippen LogP contribution in [-0.2, 0) is 32.7 Å². The van der Waals surface area contributed by atoms with Crippen molar-refractivity contribution in [2.75, 3.05) is 47.5 Å².